The van der Waals surface area contributed by atoms with Crippen molar-refractivity contribution in [3.8, 4) is 11.3 Å². The van der Waals surface area contributed by atoms with Crippen molar-refractivity contribution < 1.29 is 30.0 Å². The van der Waals surface area contributed by atoms with E-state index in [4.69, 9.17) is 0 Å². The maximum atomic E-state index is 12.2. The molecule has 3 nitrogen and oxygen atoms in total. The molecule has 1 aromatic heterocycles. The van der Waals surface area contributed by atoms with Gasteiger partial charge < -0.3 is 10.1 Å². The number of carbonyl (C=O) groups excluding carboxylic acids is 1. The van der Waals surface area contributed by atoms with Crippen molar-refractivity contribution in [3.63, 3.8) is 0 Å². The molecule has 0 amide bonds. The van der Waals surface area contributed by atoms with Crippen LogP contribution in [0.15, 0.2) is 54.4 Å². The number of fused-ring (bicyclic) bond motifs is 1. The van der Waals surface area contributed by atoms with Crippen molar-refractivity contribution in [2.75, 3.05) is 0 Å². The summed E-state index contributed by atoms with van der Waals surface area (Å²) in [6.07, 6.45) is 6.64. The summed E-state index contributed by atoms with van der Waals surface area (Å²) in [5, 5.41) is 12.6. The fraction of sp³-hybridized carbons (Fsp3) is 0.486. The quantitative estimate of drug-likeness (QED) is 0.137. The molecule has 0 aliphatic heterocycles. The van der Waals surface area contributed by atoms with Crippen molar-refractivity contribution in [3.05, 3.63) is 77.2 Å². The van der Waals surface area contributed by atoms with Gasteiger partial charge >= 0.3 is 0 Å². The number of ketones is 1. The zero-order chi connectivity index (χ0) is 28.7. The fourth-order valence-electron chi connectivity index (χ4n) is 4.47. The van der Waals surface area contributed by atoms with Crippen molar-refractivity contribution in [1.29, 1.82) is 0 Å². The van der Waals surface area contributed by atoms with Crippen LogP contribution in [-0.4, -0.2) is 15.9 Å². The molecule has 0 fully saturated rings. The molecule has 1 N–H and O–H groups in total. The molecule has 0 atom stereocenters. The monoisotopic (exact) mass is 707 g/mol. The summed E-state index contributed by atoms with van der Waals surface area (Å²) in [5.41, 5.74) is 5.26. The number of hydrogen-bond acceptors (Lipinski definition) is 3. The molecular formula is C35H48IrNO2-. The van der Waals surface area contributed by atoms with Gasteiger partial charge in [-0.15, -0.1) is 34.9 Å². The van der Waals surface area contributed by atoms with Gasteiger partial charge in [0.25, 0.3) is 0 Å². The van der Waals surface area contributed by atoms with Gasteiger partial charge in [0.05, 0.1) is 0 Å². The summed E-state index contributed by atoms with van der Waals surface area (Å²) in [6, 6.07) is 16.5. The average molecular weight is 707 g/mol. The van der Waals surface area contributed by atoms with Crippen LogP contribution in [0.4, 0.5) is 0 Å². The van der Waals surface area contributed by atoms with Crippen molar-refractivity contribution in [2.45, 2.75) is 101 Å². The number of carbonyl (C=O) groups is 1. The van der Waals surface area contributed by atoms with Gasteiger partial charge in [0, 0.05) is 43.2 Å². The van der Waals surface area contributed by atoms with Crippen LogP contribution in [-0.2, 0) is 24.9 Å². The molecule has 215 valence electrons. The van der Waals surface area contributed by atoms with Crippen LogP contribution >= 0.6 is 0 Å². The first-order valence-electron chi connectivity index (χ1n) is 14.2. The molecule has 2 aromatic carbocycles. The van der Waals surface area contributed by atoms with Crippen LogP contribution in [0.5, 0.6) is 0 Å². The van der Waals surface area contributed by atoms with E-state index in [0.717, 1.165) is 42.5 Å². The summed E-state index contributed by atoms with van der Waals surface area (Å²) in [4.78, 5) is 16.8. The van der Waals surface area contributed by atoms with Crippen LogP contribution in [0.1, 0.15) is 104 Å². The fourth-order valence-corrected chi connectivity index (χ4v) is 4.47. The predicted molar refractivity (Wildman–Crippen MR) is 163 cm³/mol. The molecule has 1 radical (unpaired) electrons. The SMILES string of the molecule is CCC(C)(CC)C(=O)/C=C(\O)C(C)(CC)CC.Cc1[c-]c(-c2nccc3ccc(C(C)C)cc23)cc(C)c1.[Ir]. The van der Waals surface area contributed by atoms with E-state index in [1.54, 1.807) is 0 Å². The Balaban J connectivity index is 0.000000391. The van der Waals surface area contributed by atoms with Gasteiger partial charge in [0.1, 0.15) is 5.76 Å². The van der Waals surface area contributed by atoms with Gasteiger partial charge in [-0.05, 0) is 59.7 Å². The molecule has 4 heteroatoms. The average Bonchev–Trinajstić information content (AvgIpc) is 2.91. The van der Waals surface area contributed by atoms with E-state index in [2.05, 4.69) is 75.1 Å². The van der Waals surface area contributed by atoms with Gasteiger partial charge in [0.15, 0.2) is 5.78 Å². The minimum absolute atomic E-state index is 0. The van der Waals surface area contributed by atoms with E-state index in [1.807, 2.05) is 47.7 Å². The maximum Gasteiger partial charge on any atom is 0.164 e. The van der Waals surface area contributed by atoms with Crippen LogP contribution in [0.2, 0.25) is 0 Å². The first kappa shape index (κ1) is 34.7. The number of nitrogens with zero attached hydrogens (tertiary/aromatic N) is 1. The summed E-state index contributed by atoms with van der Waals surface area (Å²) in [6.45, 7) is 20.7. The Kier molecular flexibility index (Phi) is 13.3. The van der Waals surface area contributed by atoms with E-state index in [0.29, 0.717) is 5.92 Å². The topological polar surface area (TPSA) is 50.2 Å². The molecule has 0 saturated heterocycles. The zero-order valence-electron chi connectivity index (χ0n) is 25.7. The van der Waals surface area contributed by atoms with Crippen molar-refractivity contribution in [2.24, 2.45) is 10.8 Å². The Hall–Kier alpha value is -2.29. The van der Waals surface area contributed by atoms with Crippen molar-refractivity contribution in [1.82, 2.24) is 4.98 Å². The second-order valence-electron chi connectivity index (χ2n) is 11.5. The zero-order valence-corrected chi connectivity index (χ0v) is 28.1. The molecular weight excluding hydrogens is 659 g/mol. The Morgan fingerprint density at radius 1 is 0.949 bits per heavy atom. The minimum atomic E-state index is -0.337. The Morgan fingerprint density at radius 3 is 2.05 bits per heavy atom. The number of allylic oxidation sites excluding steroid dienone is 2. The molecule has 3 rings (SSSR count). The molecule has 39 heavy (non-hydrogen) atoms. The molecule has 3 aromatic rings. The normalized spacial score (nSPS) is 12.1. The van der Waals surface area contributed by atoms with Crippen LogP contribution in [0.3, 0.4) is 0 Å². The van der Waals surface area contributed by atoms with Gasteiger partial charge in [0.2, 0.25) is 0 Å². The molecule has 0 bridgehead atoms. The molecule has 1 heterocycles. The van der Waals surface area contributed by atoms with E-state index in [-0.39, 0.29) is 42.5 Å². The maximum absolute atomic E-state index is 12.2. The number of hydrogen-bond donors (Lipinski definition) is 1. The number of benzene rings is 2. The van der Waals surface area contributed by atoms with Crippen LogP contribution < -0.4 is 0 Å². The second-order valence-corrected chi connectivity index (χ2v) is 11.5. The number of aliphatic hydroxyl groups is 1. The third-order valence-electron chi connectivity index (χ3n) is 8.46. The van der Waals surface area contributed by atoms with Gasteiger partial charge in [-0.3, -0.25) is 4.79 Å². The molecule has 0 unspecified atom stereocenters. The first-order chi connectivity index (χ1) is 17.8. The standard InChI is InChI=1S/C20H20N.C15H28O2.Ir/c1-13(2)17-6-5-16-7-8-21-20(19(16)12-17)18-10-14(3)9-15(4)11-18;1-7-14(5,8-2)12(16)11-13(17)15(6,9-3)10-4;/h5-10,12-13H,1-4H3;11,16H,7-10H2,1-6H3;/q-1;;/b;12-11-;. The van der Waals surface area contributed by atoms with E-state index < -0.39 is 0 Å². The summed E-state index contributed by atoms with van der Waals surface area (Å²) in [7, 11) is 0. The third kappa shape index (κ3) is 8.60. The summed E-state index contributed by atoms with van der Waals surface area (Å²) >= 11 is 0. The Morgan fingerprint density at radius 2 is 1.54 bits per heavy atom. The molecule has 0 saturated carbocycles. The number of pyridine rings is 1. The van der Waals surface area contributed by atoms with Gasteiger partial charge in [-0.1, -0.05) is 87.4 Å². The van der Waals surface area contributed by atoms with Gasteiger partial charge in [-0.25, -0.2) is 0 Å². The van der Waals surface area contributed by atoms with E-state index in [1.165, 1.54) is 28.0 Å². The van der Waals surface area contributed by atoms with Crippen molar-refractivity contribution >= 4 is 16.6 Å². The van der Waals surface area contributed by atoms with E-state index >= 15 is 0 Å². The second kappa shape index (κ2) is 14.9. The third-order valence-corrected chi connectivity index (χ3v) is 8.46. The van der Waals surface area contributed by atoms with Crippen LogP contribution in [0, 0.1) is 30.7 Å². The minimum Gasteiger partial charge on any atom is -0.512 e. The Labute approximate surface area is 250 Å². The van der Waals surface area contributed by atoms with E-state index in [9.17, 15) is 9.90 Å². The summed E-state index contributed by atoms with van der Waals surface area (Å²) in [5.74, 6) is 0.805. The van der Waals surface area contributed by atoms with Crippen LogP contribution in [0.25, 0.3) is 22.0 Å². The number of aliphatic hydroxyl groups excluding tert-OH is 1. The number of aryl methyl sites for hydroxylation is 2. The smallest absolute Gasteiger partial charge is 0.164 e. The molecule has 0 aliphatic carbocycles. The largest absolute Gasteiger partial charge is 0.512 e. The first-order valence-corrected chi connectivity index (χ1v) is 14.2. The Bertz CT molecular complexity index is 1250. The summed E-state index contributed by atoms with van der Waals surface area (Å²) < 4.78 is 0. The predicted octanol–water partition coefficient (Wildman–Crippen LogP) is 10.1. The van der Waals surface area contributed by atoms with Gasteiger partial charge in [-0.2, -0.15) is 0 Å². The number of rotatable bonds is 9. The number of aromatic nitrogens is 1. The molecule has 0 aliphatic rings. The molecule has 0 spiro atoms.